The molecule has 1 aliphatic carbocycles. The van der Waals surface area contributed by atoms with Gasteiger partial charge in [0.05, 0.1) is 16.7 Å². The summed E-state index contributed by atoms with van der Waals surface area (Å²) in [5, 5.41) is 3.68. The summed E-state index contributed by atoms with van der Waals surface area (Å²) in [6, 6.07) is 18.8. The molecule has 3 aliphatic rings. The summed E-state index contributed by atoms with van der Waals surface area (Å²) in [7, 11) is -2.36. The molecule has 2 amide bonds. The van der Waals surface area contributed by atoms with Crippen molar-refractivity contribution >= 4 is 27.6 Å². The van der Waals surface area contributed by atoms with E-state index >= 15 is 4.39 Å². The molecule has 47 heavy (non-hydrogen) atoms. The fourth-order valence-electron chi connectivity index (χ4n) is 7.15. The minimum Gasteiger partial charge on any atom is -0.491 e. The molecule has 0 unspecified atom stereocenters. The van der Waals surface area contributed by atoms with E-state index in [-0.39, 0.29) is 17.0 Å². The monoisotopic (exact) mass is 661 g/mol. The van der Waals surface area contributed by atoms with Crippen molar-refractivity contribution in [1.82, 2.24) is 14.9 Å². The molecule has 2 heterocycles. The van der Waals surface area contributed by atoms with Crippen LogP contribution in [0.2, 0.25) is 0 Å². The van der Waals surface area contributed by atoms with E-state index in [1.54, 1.807) is 29.2 Å². The number of aliphatic imine (C=N–C) groups is 1. The first-order chi connectivity index (χ1) is 22.6. The maximum atomic E-state index is 15.1. The minimum atomic E-state index is -3.72. The number of halogens is 1. The van der Waals surface area contributed by atoms with Crippen molar-refractivity contribution in [3.8, 4) is 16.9 Å². The van der Waals surface area contributed by atoms with Crippen LogP contribution in [-0.4, -0.2) is 63.0 Å². The van der Waals surface area contributed by atoms with Crippen LogP contribution in [0.5, 0.6) is 5.75 Å². The number of hydrogen-bond acceptors (Lipinski definition) is 6. The SMILES string of the molecule is CNS(=O)(=O)c1cccc(-c2ccc(F)cc2N2C(=O)N=C(NC3CCCCC3)C23CCN(Cc2cccc(OC(C)C)c2)CC3)c1. The Morgan fingerprint density at radius 2 is 1.74 bits per heavy atom. The molecule has 250 valence electrons. The minimum absolute atomic E-state index is 0.0855. The summed E-state index contributed by atoms with van der Waals surface area (Å²) in [6.45, 7) is 6.16. The van der Waals surface area contributed by atoms with Gasteiger partial charge in [0.2, 0.25) is 10.0 Å². The molecule has 1 spiro atoms. The maximum absolute atomic E-state index is 15.1. The molecule has 0 bridgehead atoms. The first-order valence-corrected chi connectivity index (χ1v) is 18.1. The predicted octanol–water partition coefficient (Wildman–Crippen LogP) is 6.48. The molecular formula is C36H44FN5O4S. The summed E-state index contributed by atoms with van der Waals surface area (Å²) < 4.78 is 48.7. The standard InChI is InChI=1S/C36H44FN5O4S/c1-25(2)46-30-13-7-9-26(21-30)24-41-19-17-36(18-20-41)34(39-29-11-5-4-6-12-29)40-35(43)42(36)33-23-28(37)15-16-32(33)27-10-8-14-31(22-27)47(44,45)38-3/h7-10,13-16,21-23,25,29,38H,4-6,11-12,17-20,24H2,1-3H3,(H,39,40,43). The van der Waals surface area contributed by atoms with E-state index in [0.29, 0.717) is 48.6 Å². The highest BCUT2D eigenvalue weighted by atomic mass is 32.2. The van der Waals surface area contributed by atoms with E-state index in [0.717, 1.165) is 43.5 Å². The molecule has 2 aliphatic heterocycles. The lowest BCUT2D eigenvalue weighted by atomic mass is 9.83. The molecule has 1 saturated heterocycles. The van der Waals surface area contributed by atoms with Gasteiger partial charge in [0.15, 0.2) is 0 Å². The summed E-state index contributed by atoms with van der Waals surface area (Å²) in [6.07, 6.45) is 6.78. The van der Waals surface area contributed by atoms with E-state index in [2.05, 4.69) is 32.1 Å². The number of carbonyl (C=O) groups excluding carboxylic acids is 1. The first kappa shape index (κ1) is 33.1. The molecule has 0 aromatic heterocycles. The van der Waals surface area contributed by atoms with Crippen LogP contribution < -0.4 is 19.7 Å². The lowest BCUT2D eigenvalue weighted by molar-refractivity contribution is 0.181. The molecule has 3 aromatic carbocycles. The number of rotatable bonds is 9. The second kappa shape index (κ2) is 13.7. The number of benzene rings is 3. The zero-order valence-corrected chi connectivity index (χ0v) is 28.2. The Labute approximate surface area is 277 Å². The fraction of sp³-hybridized carbons (Fsp3) is 0.444. The van der Waals surface area contributed by atoms with Gasteiger partial charge in [-0.25, -0.2) is 22.3 Å². The number of anilines is 1. The number of carbonyl (C=O) groups is 1. The molecular weight excluding hydrogens is 617 g/mol. The van der Waals surface area contributed by atoms with Crippen molar-refractivity contribution in [2.75, 3.05) is 25.0 Å². The van der Waals surface area contributed by atoms with Crippen molar-refractivity contribution in [2.24, 2.45) is 4.99 Å². The van der Waals surface area contributed by atoms with E-state index in [4.69, 9.17) is 4.74 Å². The van der Waals surface area contributed by atoms with Crippen LogP contribution in [0.4, 0.5) is 14.9 Å². The number of ether oxygens (including phenoxy) is 1. The highest BCUT2D eigenvalue weighted by Gasteiger charge is 2.53. The Kier molecular flexibility index (Phi) is 9.68. The summed E-state index contributed by atoms with van der Waals surface area (Å²) in [5.41, 5.74) is 1.85. The average molecular weight is 662 g/mol. The first-order valence-electron chi connectivity index (χ1n) is 16.6. The Bertz CT molecular complexity index is 1750. The molecule has 11 heteroatoms. The highest BCUT2D eigenvalue weighted by Crippen LogP contribution is 2.44. The number of amidine groups is 1. The Balaban J connectivity index is 1.35. The van der Waals surface area contributed by atoms with E-state index in [1.807, 2.05) is 26.0 Å². The molecule has 1 saturated carbocycles. The molecule has 9 nitrogen and oxygen atoms in total. The summed E-state index contributed by atoms with van der Waals surface area (Å²) in [4.78, 5) is 22.8. The van der Waals surface area contributed by atoms with Crippen LogP contribution in [0.1, 0.15) is 64.4 Å². The summed E-state index contributed by atoms with van der Waals surface area (Å²) >= 11 is 0. The van der Waals surface area contributed by atoms with Gasteiger partial charge in [-0.05, 0) is 100 Å². The lowest BCUT2D eigenvalue weighted by Gasteiger charge is -2.46. The van der Waals surface area contributed by atoms with Crippen LogP contribution in [-0.2, 0) is 16.6 Å². The van der Waals surface area contributed by atoms with Crippen LogP contribution >= 0.6 is 0 Å². The largest absolute Gasteiger partial charge is 0.491 e. The van der Waals surface area contributed by atoms with Crippen LogP contribution in [0.25, 0.3) is 11.1 Å². The van der Waals surface area contributed by atoms with Gasteiger partial charge in [0.1, 0.15) is 22.9 Å². The molecule has 0 radical (unpaired) electrons. The highest BCUT2D eigenvalue weighted by molar-refractivity contribution is 7.89. The van der Waals surface area contributed by atoms with Crippen LogP contribution in [0.3, 0.4) is 0 Å². The number of hydrogen-bond donors (Lipinski definition) is 2. The molecule has 2 N–H and O–H groups in total. The van der Waals surface area contributed by atoms with Gasteiger partial charge in [-0.1, -0.05) is 43.5 Å². The van der Waals surface area contributed by atoms with Gasteiger partial charge in [-0.3, -0.25) is 9.80 Å². The van der Waals surface area contributed by atoms with Crippen LogP contribution in [0, 0.1) is 5.82 Å². The zero-order valence-electron chi connectivity index (χ0n) is 27.3. The second-order valence-corrected chi connectivity index (χ2v) is 15.0. The van der Waals surface area contributed by atoms with Gasteiger partial charge >= 0.3 is 6.03 Å². The van der Waals surface area contributed by atoms with Crippen LogP contribution in [0.15, 0.2) is 76.6 Å². The predicted molar refractivity (Wildman–Crippen MR) is 183 cm³/mol. The molecule has 6 rings (SSSR count). The van der Waals surface area contributed by atoms with Crippen molar-refractivity contribution in [2.45, 2.75) is 87.9 Å². The third kappa shape index (κ3) is 7.07. The van der Waals surface area contributed by atoms with Gasteiger partial charge < -0.3 is 10.1 Å². The third-order valence-electron chi connectivity index (χ3n) is 9.50. The van der Waals surface area contributed by atoms with Gasteiger partial charge in [0.25, 0.3) is 0 Å². The smallest absolute Gasteiger partial charge is 0.350 e. The summed E-state index contributed by atoms with van der Waals surface area (Å²) in [5.74, 6) is 1.01. The van der Waals surface area contributed by atoms with Gasteiger partial charge in [-0.2, -0.15) is 4.99 Å². The van der Waals surface area contributed by atoms with E-state index < -0.39 is 27.4 Å². The van der Waals surface area contributed by atoms with Gasteiger partial charge in [0, 0.05) is 31.2 Å². The zero-order chi connectivity index (χ0) is 33.2. The van der Waals surface area contributed by atoms with E-state index in [1.165, 1.54) is 31.7 Å². The number of amides is 2. The molecule has 3 aromatic rings. The van der Waals surface area contributed by atoms with E-state index in [9.17, 15) is 13.2 Å². The van der Waals surface area contributed by atoms with Crippen molar-refractivity contribution in [3.05, 3.63) is 78.1 Å². The molecule has 2 fully saturated rings. The van der Waals surface area contributed by atoms with Crippen molar-refractivity contribution in [3.63, 3.8) is 0 Å². The number of piperidine rings is 1. The number of likely N-dealkylation sites (tertiary alicyclic amines) is 1. The Morgan fingerprint density at radius 3 is 2.47 bits per heavy atom. The topological polar surface area (TPSA) is 103 Å². The lowest BCUT2D eigenvalue weighted by Crippen LogP contribution is -2.62. The number of sulfonamides is 1. The number of nitrogens with one attached hydrogen (secondary N) is 2. The number of nitrogens with zero attached hydrogens (tertiary/aromatic N) is 3. The Hall–Kier alpha value is -3.80. The second-order valence-electron chi connectivity index (χ2n) is 13.1. The third-order valence-corrected chi connectivity index (χ3v) is 10.9. The fourth-order valence-corrected chi connectivity index (χ4v) is 7.93. The van der Waals surface area contributed by atoms with Gasteiger partial charge in [-0.15, -0.1) is 0 Å². The normalized spacial score (nSPS) is 19.0. The average Bonchev–Trinajstić information content (AvgIpc) is 3.31. The van der Waals surface area contributed by atoms with Crippen molar-refractivity contribution in [1.29, 1.82) is 0 Å². The quantitative estimate of drug-likeness (QED) is 0.272. The Morgan fingerprint density at radius 1 is 1.00 bits per heavy atom. The molecule has 0 atom stereocenters. The van der Waals surface area contributed by atoms with Crippen molar-refractivity contribution < 1.29 is 22.3 Å². The maximum Gasteiger partial charge on any atom is 0.350 e. The number of urea groups is 1.